The Morgan fingerprint density at radius 1 is 0.619 bits per heavy atom. The number of methoxy groups -OCH3 is 4. The lowest BCUT2D eigenvalue weighted by molar-refractivity contribution is -0.147. The summed E-state index contributed by atoms with van der Waals surface area (Å²) in [6, 6.07) is 11.1. The Kier molecular flexibility index (Phi) is 13.2. The molecule has 0 bridgehead atoms. The third kappa shape index (κ3) is 8.75. The lowest BCUT2D eigenvalue weighted by atomic mass is 9.96. The highest BCUT2D eigenvalue weighted by molar-refractivity contribution is 5.79. The zero-order chi connectivity index (χ0) is 30.5. The summed E-state index contributed by atoms with van der Waals surface area (Å²) in [5.74, 6) is 1.26. The summed E-state index contributed by atoms with van der Waals surface area (Å²) in [7, 11) is 6.33. The number of rotatable bonds is 16. The van der Waals surface area contributed by atoms with Crippen LogP contribution in [0.2, 0.25) is 0 Å². The maximum Gasteiger partial charge on any atom is 0.313 e. The van der Waals surface area contributed by atoms with Gasteiger partial charge in [-0.2, -0.15) is 0 Å². The monoisotopic (exact) mass is 586 g/mol. The van der Waals surface area contributed by atoms with Crippen molar-refractivity contribution in [3.63, 3.8) is 0 Å². The van der Waals surface area contributed by atoms with Gasteiger partial charge in [0.25, 0.3) is 0 Å². The summed E-state index contributed by atoms with van der Waals surface area (Å²) >= 11 is 0. The minimum Gasteiger partial charge on any atom is -0.493 e. The van der Waals surface area contributed by atoms with E-state index in [2.05, 4.69) is 9.80 Å². The average Bonchev–Trinajstić information content (AvgIpc) is 3.02. The molecule has 0 radical (unpaired) electrons. The zero-order valence-electron chi connectivity index (χ0n) is 25.9. The van der Waals surface area contributed by atoms with Crippen molar-refractivity contribution in [2.75, 3.05) is 80.9 Å². The van der Waals surface area contributed by atoms with Gasteiger partial charge in [0.05, 0.1) is 40.3 Å². The van der Waals surface area contributed by atoms with E-state index in [-0.39, 0.29) is 23.8 Å². The molecule has 42 heavy (non-hydrogen) atoms. The number of piperazine rings is 1. The van der Waals surface area contributed by atoms with E-state index in [4.69, 9.17) is 28.4 Å². The van der Waals surface area contributed by atoms with Gasteiger partial charge in [-0.1, -0.05) is 26.0 Å². The third-order valence-electron chi connectivity index (χ3n) is 7.77. The largest absolute Gasteiger partial charge is 0.493 e. The molecule has 0 amide bonds. The van der Waals surface area contributed by atoms with E-state index < -0.39 is 0 Å². The van der Waals surface area contributed by atoms with Gasteiger partial charge in [-0.25, -0.2) is 0 Å². The number of hydrogen-bond donors (Lipinski definition) is 0. The predicted octanol–water partition coefficient (Wildman–Crippen LogP) is 4.11. The van der Waals surface area contributed by atoms with E-state index in [0.717, 1.165) is 37.3 Å². The third-order valence-corrected chi connectivity index (χ3v) is 7.77. The second-order valence-corrected chi connectivity index (χ2v) is 10.2. The van der Waals surface area contributed by atoms with Gasteiger partial charge in [0, 0.05) is 39.3 Å². The Balaban J connectivity index is 1.38. The molecule has 0 saturated carbocycles. The summed E-state index contributed by atoms with van der Waals surface area (Å²) in [5.41, 5.74) is 1.70. The fourth-order valence-corrected chi connectivity index (χ4v) is 5.20. The maximum atomic E-state index is 12.8. The molecule has 232 valence electrons. The molecule has 1 aliphatic rings. The zero-order valence-corrected chi connectivity index (χ0v) is 25.9. The number of benzene rings is 2. The van der Waals surface area contributed by atoms with Crippen molar-refractivity contribution in [3.05, 3.63) is 47.5 Å². The van der Waals surface area contributed by atoms with Gasteiger partial charge in [-0.15, -0.1) is 0 Å². The number of esters is 2. The van der Waals surface area contributed by atoms with Crippen LogP contribution in [0.5, 0.6) is 23.0 Å². The fraction of sp³-hybridized carbons (Fsp3) is 0.562. The molecule has 10 nitrogen and oxygen atoms in total. The normalized spacial score (nSPS) is 15.4. The van der Waals surface area contributed by atoms with Gasteiger partial charge >= 0.3 is 11.9 Å². The molecule has 2 aromatic carbocycles. The smallest absolute Gasteiger partial charge is 0.313 e. The van der Waals surface area contributed by atoms with Crippen LogP contribution >= 0.6 is 0 Å². The summed E-state index contributed by atoms with van der Waals surface area (Å²) in [6.45, 7) is 9.44. The summed E-state index contributed by atoms with van der Waals surface area (Å²) in [4.78, 5) is 30.3. The van der Waals surface area contributed by atoms with Gasteiger partial charge in [-0.05, 0) is 48.2 Å². The van der Waals surface area contributed by atoms with Crippen molar-refractivity contribution in [1.29, 1.82) is 0 Å². The first-order valence-electron chi connectivity index (χ1n) is 14.6. The molecule has 0 aromatic heterocycles. The minimum absolute atomic E-state index is 0.233. The van der Waals surface area contributed by atoms with Gasteiger partial charge in [0.1, 0.15) is 13.2 Å². The van der Waals surface area contributed by atoms with E-state index in [1.165, 1.54) is 0 Å². The Morgan fingerprint density at radius 3 is 1.29 bits per heavy atom. The first kappa shape index (κ1) is 33.0. The van der Waals surface area contributed by atoms with Crippen molar-refractivity contribution >= 4 is 11.9 Å². The molecule has 1 saturated heterocycles. The summed E-state index contributed by atoms with van der Waals surface area (Å²) in [6.07, 6.45) is 1.26. The molecule has 1 aliphatic heterocycles. The molecule has 2 unspecified atom stereocenters. The topological polar surface area (TPSA) is 96.0 Å². The summed E-state index contributed by atoms with van der Waals surface area (Å²) in [5, 5.41) is 0. The van der Waals surface area contributed by atoms with Crippen LogP contribution in [0.3, 0.4) is 0 Å². The van der Waals surface area contributed by atoms with E-state index in [1.807, 2.05) is 50.2 Å². The Hall–Kier alpha value is -3.50. The van der Waals surface area contributed by atoms with E-state index >= 15 is 0 Å². The standard InChI is InChI=1S/C32H46N2O8/c1-7-25(23-9-11-27(37-3)29(21-23)39-5)31(35)41-19-17-33-13-15-34(16-14-33)18-20-42-32(36)26(8-2)24-10-12-28(38-4)30(22-24)40-6/h9-12,21-22,25-26H,7-8,13-20H2,1-6H3. The van der Waals surface area contributed by atoms with E-state index in [1.54, 1.807) is 28.4 Å². The number of carbonyl (C=O) groups is 2. The molecule has 0 spiro atoms. The molecule has 2 atom stereocenters. The van der Waals surface area contributed by atoms with Gasteiger partial charge in [0.15, 0.2) is 23.0 Å². The Bertz CT molecular complexity index is 1060. The van der Waals surface area contributed by atoms with Crippen molar-refractivity contribution < 1.29 is 38.0 Å². The van der Waals surface area contributed by atoms with Crippen molar-refractivity contribution in [2.45, 2.75) is 38.5 Å². The van der Waals surface area contributed by atoms with Crippen molar-refractivity contribution in [1.82, 2.24) is 9.80 Å². The van der Waals surface area contributed by atoms with Gasteiger partial charge in [0.2, 0.25) is 0 Å². The fourth-order valence-electron chi connectivity index (χ4n) is 5.20. The maximum absolute atomic E-state index is 12.8. The molecular weight excluding hydrogens is 540 g/mol. The number of hydrogen-bond acceptors (Lipinski definition) is 10. The molecule has 2 aromatic rings. The van der Waals surface area contributed by atoms with Gasteiger partial charge < -0.3 is 28.4 Å². The number of carbonyl (C=O) groups excluding carboxylic acids is 2. The van der Waals surface area contributed by atoms with Crippen LogP contribution in [-0.2, 0) is 19.1 Å². The second kappa shape index (κ2) is 16.8. The highest BCUT2D eigenvalue weighted by Crippen LogP contribution is 2.33. The SMILES string of the molecule is CCC(C(=O)OCCN1CCN(CCOC(=O)C(CC)c2ccc(OC)c(OC)c2)CC1)c1ccc(OC)c(OC)c1. The first-order chi connectivity index (χ1) is 20.4. The van der Waals surface area contributed by atoms with E-state index in [0.29, 0.717) is 62.1 Å². The highest BCUT2D eigenvalue weighted by Gasteiger charge is 2.24. The molecule has 0 N–H and O–H groups in total. The quantitative estimate of drug-likeness (QED) is 0.268. The molecule has 1 heterocycles. The van der Waals surface area contributed by atoms with Crippen LogP contribution in [0.15, 0.2) is 36.4 Å². The van der Waals surface area contributed by atoms with Crippen molar-refractivity contribution in [2.24, 2.45) is 0 Å². The van der Waals surface area contributed by atoms with E-state index in [9.17, 15) is 9.59 Å². The minimum atomic E-state index is -0.358. The van der Waals surface area contributed by atoms with Crippen LogP contribution in [0, 0.1) is 0 Å². The average molecular weight is 587 g/mol. The second-order valence-electron chi connectivity index (χ2n) is 10.2. The molecule has 3 rings (SSSR count). The Labute approximate surface area is 249 Å². The lowest BCUT2D eigenvalue weighted by Crippen LogP contribution is -2.48. The van der Waals surface area contributed by atoms with Crippen molar-refractivity contribution in [3.8, 4) is 23.0 Å². The molecule has 10 heteroatoms. The van der Waals surface area contributed by atoms with Crippen LogP contribution in [0.4, 0.5) is 0 Å². The van der Waals surface area contributed by atoms with Crippen LogP contribution in [0.25, 0.3) is 0 Å². The number of ether oxygens (including phenoxy) is 6. The summed E-state index contributed by atoms with van der Waals surface area (Å²) < 4.78 is 32.7. The Morgan fingerprint density at radius 2 is 0.976 bits per heavy atom. The van der Waals surface area contributed by atoms with Crippen LogP contribution in [-0.4, -0.2) is 103 Å². The lowest BCUT2D eigenvalue weighted by Gasteiger charge is -2.34. The molecular formula is C32H46N2O8. The highest BCUT2D eigenvalue weighted by atomic mass is 16.5. The number of nitrogens with zero attached hydrogens (tertiary/aromatic N) is 2. The van der Waals surface area contributed by atoms with Gasteiger partial charge in [-0.3, -0.25) is 19.4 Å². The van der Waals surface area contributed by atoms with Crippen LogP contribution in [0.1, 0.15) is 49.7 Å². The molecule has 1 fully saturated rings. The molecule has 0 aliphatic carbocycles. The predicted molar refractivity (Wildman–Crippen MR) is 160 cm³/mol. The van der Waals surface area contributed by atoms with Crippen LogP contribution < -0.4 is 18.9 Å². The first-order valence-corrected chi connectivity index (χ1v) is 14.6.